The second-order valence-corrected chi connectivity index (χ2v) is 11.6. The van der Waals surface area contributed by atoms with Gasteiger partial charge in [0.15, 0.2) is 17.3 Å². The average molecular weight is 637 g/mol. The molecule has 1 saturated heterocycles. The molecule has 0 unspecified atom stereocenters. The van der Waals surface area contributed by atoms with Gasteiger partial charge in [-0.1, -0.05) is 13.8 Å². The van der Waals surface area contributed by atoms with E-state index in [0.29, 0.717) is 25.6 Å². The van der Waals surface area contributed by atoms with E-state index in [1.165, 1.54) is 6.92 Å². The molecular weight excluding hydrogens is 605 g/mol. The summed E-state index contributed by atoms with van der Waals surface area (Å²) in [6.07, 6.45) is 1.30. The predicted molar refractivity (Wildman–Crippen MR) is 158 cm³/mol. The number of anilines is 1. The largest absolute Gasteiger partial charge is 0.477 e. The molecule has 1 aromatic carbocycles. The summed E-state index contributed by atoms with van der Waals surface area (Å²) in [6, 6.07) is 1.77. The Kier molecular flexibility index (Phi) is 9.26. The SMILES string of the molecule is CC(C)C[C@H](NC(=O)[C@H](C)N)C(=O)N[C@H]1[C@@H]2CN(c3nc4c(cc3F)c(=O)c(C(=O)O)cn4-c3ccc(F)cc3F)C[C@@H]21.Cl. The maximum atomic E-state index is 15.4. The highest BCUT2D eigenvalue weighted by molar-refractivity contribution is 5.93. The number of benzene rings is 1. The van der Waals surface area contributed by atoms with Crippen molar-refractivity contribution in [2.45, 2.75) is 45.3 Å². The smallest absolute Gasteiger partial charge is 0.341 e. The number of nitrogens with zero attached hydrogens (tertiary/aromatic N) is 3. The van der Waals surface area contributed by atoms with E-state index in [-0.39, 0.29) is 64.6 Å². The second-order valence-electron chi connectivity index (χ2n) is 11.6. The van der Waals surface area contributed by atoms with Crippen LogP contribution in [0.3, 0.4) is 0 Å². The normalized spacial score (nSPS) is 20.1. The van der Waals surface area contributed by atoms with E-state index in [2.05, 4.69) is 15.6 Å². The first-order valence-electron chi connectivity index (χ1n) is 13.8. The molecule has 3 aromatic rings. The van der Waals surface area contributed by atoms with Gasteiger partial charge >= 0.3 is 5.97 Å². The van der Waals surface area contributed by atoms with Crippen LogP contribution in [0.5, 0.6) is 0 Å². The van der Waals surface area contributed by atoms with E-state index in [0.717, 1.165) is 29.0 Å². The number of hydrogen-bond donors (Lipinski definition) is 4. The fraction of sp³-hybridized carbons (Fsp3) is 0.414. The first-order valence-corrected chi connectivity index (χ1v) is 13.8. The first kappa shape index (κ1) is 32.7. The molecule has 2 fully saturated rings. The summed E-state index contributed by atoms with van der Waals surface area (Å²) >= 11 is 0. The number of carbonyl (C=O) groups is 3. The number of amides is 2. The molecule has 2 aliphatic rings. The van der Waals surface area contributed by atoms with Crippen LogP contribution in [0.2, 0.25) is 0 Å². The molecule has 1 saturated carbocycles. The zero-order valence-corrected chi connectivity index (χ0v) is 24.8. The van der Waals surface area contributed by atoms with Crippen LogP contribution in [0, 0.1) is 35.2 Å². The number of aromatic carboxylic acids is 1. The Morgan fingerprint density at radius 1 is 1.07 bits per heavy atom. The summed E-state index contributed by atoms with van der Waals surface area (Å²) in [5.74, 6) is -5.22. The van der Waals surface area contributed by atoms with E-state index in [4.69, 9.17) is 5.73 Å². The number of nitrogens with two attached hydrogens (primary N) is 1. The van der Waals surface area contributed by atoms with Crippen molar-refractivity contribution in [1.82, 2.24) is 20.2 Å². The van der Waals surface area contributed by atoms with Gasteiger partial charge in [-0.15, -0.1) is 12.4 Å². The van der Waals surface area contributed by atoms with E-state index >= 15 is 4.39 Å². The molecule has 5 rings (SSSR count). The molecule has 5 N–H and O–H groups in total. The number of aromatic nitrogens is 2. The Labute approximate surface area is 256 Å². The number of halogens is 4. The molecule has 0 bridgehead atoms. The van der Waals surface area contributed by atoms with Crippen molar-refractivity contribution < 1.29 is 32.7 Å². The molecule has 2 aromatic heterocycles. The number of nitrogens with one attached hydrogen (secondary N) is 2. The Bertz CT molecular complexity index is 1690. The van der Waals surface area contributed by atoms with Gasteiger partial charge in [0, 0.05) is 43.2 Å². The molecule has 44 heavy (non-hydrogen) atoms. The number of carboxylic acids is 1. The number of fused-ring (bicyclic) bond motifs is 2. The third kappa shape index (κ3) is 6.22. The molecule has 0 spiro atoms. The minimum Gasteiger partial charge on any atom is -0.477 e. The van der Waals surface area contributed by atoms with Crippen LogP contribution in [0.25, 0.3) is 16.7 Å². The predicted octanol–water partition coefficient (Wildman–Crippen LogP) is 2.35. The summed E-state index contributed by atoms with van der Waals surface area (Å²) in [5, 5.41) is 14.8. The van der Waals surface area contributed by atoms with Crippen LogP contribution in [-0.2, 0) is 9.59 Å². The number of pyridine rings is 2. The van der Waals surface area contributed by atoms with Crippen LogP contribution < -0.4 is 26.7 Å². The summed E-state index contributed by atoms with van der Waals surface area (Å²) in [6.45, 7) is 6.02. The van der Waals surface area contributed by atoms with Gasteiger partial charge in [-0.3, -0.25) is 19.0 Å². The quantitative estimate of drug-likeness (QED) is 0.279. The molecule has 1 aliphatic heterocycles. The van der Waals surface area contributed by atoms with Crippen LogP contribution in [0.1, 0.15) is 37.6 Å². The van der Waals surface area contributed by atoms with Crippen molar-refractivity contribution in [3.63, 3.8) is 0 Å². The zero-order chi connectivity index (χ0) is 31.3. The molecule has 11 nitrogen and oxygen atoms in total. The summed E-state index contributed by atoms with van der Waals surface area (Å²) < 4.78 is 44.7. The van der Waals surface area contributed by atoms with Crippen molar-refractivity contribution >= 4 is 47.0 Å². The Morgan fingerprint density at radius 2 is 1.73 bits per heavy atom. The Hall–Kier alpha value is -4.17. The number of carboxylic acid groups (broad SMARTS) is 1. The standard InChI is InChI=1S/C29H31F3N6O5.ClH/c1-12(2)6-21(34-27(40)13(3)33)28(41)35-23-16-9-37(10-17(16)23)26-20(32)8-15-24(39)18(29(42)43)11-38(25(15)36-26)22-5-4-14(30)7-19(22)31;/h4-5,7-8,11-13,16-17,21,23H,6,9-10,33H2,1-3H3,(H,34,40)(H,35,41)(H,42,43);1H/t13-,16-,17+,21-,23+;/m0./s1. The van der Waals surface area contributed by atoms with E-state index in [1.54, 1.807) is 4.90 Å². The van der Waals surface area contributed by atoms with E-state index in [1.807, 2.05) is 13.8 Å². The summed E-state index contributed by atoms with van der Waals surface area (Å²) in [5.41, 5.74) is 3.42. The maximum Gasteiger partial charge on any atom is 0.341 e. The zero-order valence-electron chi connectivity index (χ0n) is 24.0. The topological polar surface area (TPSA) is 160 Å². The number of carbonyl (C=O) groups excluding carboxylic acids is 2. The van der Waals surface area contributed by atoms with Crippen molar-refractivity contribution in [1.29, 1.82) is 0 Å². The van der Waals surface area contributed by atoms with E-state index in [9.17, 15) is 33.1 Å². The summed E-state index contributed by atoms with van der Waals surface area (Å²) in [4.78, 5) is 55.7. The van der Waals surface area contributed by atoms with Gasteiger partial charge in [0.25, 0.3) is 0 Å². The van der Waals surface area contributed by atoms with Crippen molar-refractivity contribution in [3.8, 4) is 5.69 Å². The number of piperidine rings is 1. The third-order valence-corrected chi connectivity index (χ3v) is 7.87. The lowest BCUT2D eigenvalue weighted by Crippen LogP contribution is -2.52. The summed E-state index contributed by atoms with van der Waals surface area (Å²) in [7, 11) is 0. The average Bonchev–Trinajstić information content (AvgIpc) is 3.34. The lowest BCUT2D eigenvalue weighted by molar-refractivity contribution is -0.130. The van der Waals surface area contributed by atoms with Crippen molar-refractivity contribution in [2.75, 3.05) is 18.0 Å². The highest BCUT2D eigenvalue weighted by Gasteiger charge is 2.57. The second kappa shape index (κ2) is 12.4. The van der Waals surface area contributed by atoms with Crippen LogP contribution >= 0.6 is 12.4 Å². The first-order chi connectivity index (χ1) is 20.3. The Morgan fingerprint density at radius 3 is 2.30 bits per heavy atom. The molecule has 15 heteroatoms. The monoisotopic (exact) mass is 636 g/mol. The van der Waals surface area contributed by atoms with Crippen molar-refractivity contribution in [3.05, 3.63) is 63.7 Å². The van der Waals surface area contributed by atoms with Crippen molar-refractivity contribution in [2.24, 2.45) is 23.5 Å². The Balaban J connectivity index is 0.00000442. The van der Waals surface area contributed by atoms with Gasteiger partial charge < -0.3 is 26.4 Å². The van der Waals surface area contributed by atoms with Gasteiger partial charge in [0.05, 0.1) is 17.1 Å². The van der Waals surface area contributed by atoms with E-state index < -0.39 is 52.4 Å². The highest BCUT2D eigenvalue weighted by Crippen LogP contribution is 2.47. The molecule has 3 heterocycles. The molecular formula is C29H32ClF3N6O5. The lowest BCUT2D eigenvalue weighted by atomic mass is 10.0. The molecule has 5 atom stereocenters. The fourth-order valence-corrected chi connectivity index (χ4v) is 5.63. The maximum absolute atomic E-state index is 15.4. The van der Waals surface area contributed by atoms with Gasteiger partial charge in [-0.25, -0.2) is 22.9 Å². The number of hydrogen-bond acceptors (Lipinski definition) is 7. The minimum atomic E-state index is -1.60. The fourth-order valence-electron chi connectivity index (χ4n) is 5.63. The number of rotatable bonds is 9. The van der Waals surface area contributed by atoms with Crippen LogP contribution in [0.4, 0.5) is 19.0 Å². The molecule has 2 amide bonds. The van der Waals surface area contributed by atoms with Crippen LogP contribution in [0.15, 0.2) is 35.3 Å². The van der Waals surface area contributed by atoms with Crippen LogP contribution in [-0.4, -0.2) is 63.7 Å². The van der Waals surface area contributed by atoms with Gasteiger partial charge in [0.2, 0.25) is 17.2 Å². The van der Waals surface area contributed by atoms with Gasteiger partial charge in [-0.2, -0.15) is 0 Å². The minimum absolute atomic E-state index is 0. The van der Waals surface area contributed by atoms with Gasteiger partial charge in [-0.05, 0) is 37.5 Å². The molecule has 236 valence electrons. The molecule has 1 aliphatic carbocycles. The third-order valence-electron chi connectivity index (χ3n) is 7.87. The lowest BCUT2D eigenvalue weighted by Gasteiger charge is -2.24. The highest BCUT2D eigenvalue weighted by atomic mass is 35.5. The molecule has 0 radical (unpaired) electrons. The van der Waals surface area contributed by atoms with Gasteiger partial charge in [0.1, 0.15) is 23.2 Å².